The van der Waals surface area contributed by atoms with E-state index in [1.807, 2.05) is 18.2 Å². The first-order valence-corrected chi connectivity index (χ1v) is 6.64. The maximum atomic E-state index is 9.39. The number of rotatable bonds is 5. The Bertz CT molecular complexity index is 315. The molecule has 0 unspecified atom stereocenters. The van der Waals surface area contributed by atoms with E-state index in [4.69, 9.17) is 5.11 Å². The van der Waals surface area contributed by atoms with Crippen molar-refractivity contribution in [2.45, 2.75) is 24.3 Å². The van der Waals surface area contributed by atoms with E-state index in [1.165, 1.54) is 0 Å². The van der Waals surface area contributed by atoms with Crippen molar-refractivity contribution in [3.63, 3.8) is 0 Å². The van der Waals surface area contributed by atoms with Crippen molar-refractivity contribution in [1.82, 2.24) is 0 Å². The molecule has 1 rings (SSSR count). The monoisotopic (exact) mass is 290 g/mol. The minimum atomic E-state index is -0.433. The Morgan fingerprint density at radius 2 is 2.20 bits per heavy atom. The van der Waals surface area contributed by atoms with Gasteiger partial charge in [0.25, 0.3) is 0 Å². The summed E-state index contributed by atoms with van der Waals surface area (Å²) in [5.41, 5.74) is 0.911. The zero-order valence-corrected chi connectivity index (χ0v) is 11.0. The molecule has 0 fully saturated rings. The number of thioether (sulfide) groups is 1. The van der Waals surface area contributed by atoms with Crippen molar-refractivity contribution in [3.8, 4) is 0 Å². The highest BCUT2D eigenvalue weighted by Gasteiger charge is 2.05. The number of aliphatic hydroxyl groups excluding tert-OH is 2. The average Bonchev–Trinajstić information content (AvgIpc) is 2.20. The van der Waals surface area contributed by atoms with Gasteiger partial charge in [-0.3, -0.25) is 0 Å². The molecule has 0 spiro atoms. The minimum absolute atomic E-state index is 0.233. The molecule has 1 aromatic rings. The summed E-state index contributed by atoms with van der Waals surface area (Å²) in [5, 5.41) is 18.1. The van der Waals surface area contributed by atoms with E-state index in [2.05, 4.69) is 15.9 Å². The molecule has 0 aliphatic heterocycles. The fraction of sp³-hybridized carbons (Fsp3) is 0.455. The molecule has 0 amide bonds. The van der Waals surface area contributed by atoms with Crippen LogP contribution in [0, 0.1) is 0 Å². The summed E-state index contributed by atoms with van der Waals surface area (Å²) < 4.78 is 1.00. The third-order valence-corrected chi connectivity index (χ3v) is 4.08. The lowest BCUT2D eigenvalue weighted by Gasteiger charge is -2.08. The van der Waals surface area contributed by atoms with E-state index in [-0.39, 0.29) is 6.61 Å². The predicted molar refractivity (Wildman–Crippen MR) is 67.2 cm³/mol. The summed E-state index contributed by atoms with van der Waals surface area (Å²) >= 11 is 5.18. The van der Waals surface area contributed by atoms with Gasteiger partial charge in [-0.25, -0.2) is 0 Å². The van der Waals surface area contributed by atoms with Crippen molar-refractivity contribution in [2.24, 2.45) is 0 Å². The van der Waals surface area contributed by atoms with Crippen LogP contribution in [0.4, 0.5) is 0 Å². The van der Waals surface area contributed by atoms with Gasteiger partial charge in [-0.05, 0) is 47.0 Å². The number of halogens is 1. The molecule has 0 heterocycles. The molecular formula is C11H15BrO2S. The van der Waals surface area contributed by atoms with Crippen LogP contribution in [0.25, 0.3) is 0 Å². The second-order valence-electron chi connectivity index (χ2n) is 3.29. The number of hydrogen-bond donors (Lipinski definition) is 2. The molecular weight excluding hydrogens is 276 g/mol. The Morgan fingerprint density at radius 1 is 1.47 bits per heavy atom. The largest absolute Gasteiger partial charge is 0.396 e. The first-order chi connectivity index (χ1) is 7.15. The van der Waals surface area contributed by atoms with Crippen LogP contribution in [0.2, 0.25) is 0 Å². The van der Waals surface area contributed by atoms with Crippen LogP contribution in [-0.2, 0) is 0 Å². The molecule has 1 aromatic carbocycles. The molecule has 84 valence electrons. The molecule has 0 radical (unpaired) electrons. The highest BCUT2D eigenvalue weighted by Crippen LogP contribution is 2.30. The summed E-state index contributed by atoms with van der Waals surface area (Å²) in [7, 11) is 0. The van der Waals surface area contributed by atoms with E-state index in [0.29, 0.717) is 0 Å². The van der Waals surface area contributed by atoms with Gasteiger partial charge in [0.05, 0.1) is 6.10 Å². The molecule has 2 nitrogen and oxygen atoms in total. The summed E-state index contributed by atoms with van der Waals surface area (Å²) in [6.45, 7) is 1.98. The molecule has 4 heteroatoms. The second kappa shape index (κ2) is 6.53. The molecule has 0 aliphatic rings. The van der Waals surface area contributed by atoms with Gasteiger partial charge in [-0.15, -0.1) is 11.8 Å². The maximum Gasteiger partial charge on any atom is 0.0762 e. The molecule has 0 bridgehead atoms. The van der Waals surface area contributed by atoms with Gasteiger partial charge in [0.2, 0.25) is 0 Å². The first kappa shape index (κ1) is 13.0. The molecule has 0 saturated heterocycles. The zero-order valence-electron chi connectivity index (χ0n) is 8.61. The van der Waals surface area contributed by atoms with Crippen LogP contribution < -0.4 is 0 Å². The fourth-order valence-corrected chi connectivity index (χ4v) is 2.73. The van der Waals surface area contributed by atoms with E-state index in [9.17, 15) is 5.11 Å². The van der Waals surface area contributed by atoms with Crippen LogP contribution >= 0.6 is 27.7 Å². The predicted octanol–water partition coefficient (Wildman–Crippen LogP) is 2.98. The SMILES string of the molecule is C[C@@H](O)c1ccc(SCCCO)c(Br)c1. The van der Waals surface area contributed by atoms with Gasteiger partial charge in [0.15, 0.2) is 0 Å². The lowest BCUT2D eigenvalue weighted by Crippen LogP contribution is -1.91. The second-order valence-corrected chi connectivity index (χ2v) is 5.28. The molecule has 0 saturated carbocycles. The van der Waals surface area contributed by atoms with Crippen LogP contribution in [0.15, 0.2) is 27.6 Å². The van der Waals surface area contributed by atoms with Gasteiger partial charge in [0.1, 0.15) is 0 Å². The van der Waals surface area contributed by atoms with Crippen molar-refractivity contribution >= 4 is 27.7 Å². The van der Waals surface area contributed by atoms with Gasteiger partial charge < -0.3 is 10.2 Å². The van der Waals surface area contributed by atoms with Crippen LogP contribution in [0.1, 0.15) is 25.0 Å². The fourth-order valence-electron chi connectivity index (χ4n) is 1.14. The van der Waals surface area contributed by atoms with E-state index in [0.717, 1.165) is 27.1 Å². The molecule has 2 N–H and O–H groups in total. The Balaban J connectivity index is 2.66. The third kappa shape index (κ3) is 4.15. The van der Waals surface area contributed by atoms with Crippen LogP contribution in [0.5, 0.6) is 0 Å². The maximum absolute atomic E-state index is 9.39. The van der Waals surface area contributed by atoms with Gasteiger partial charge >= 0.3 is 0 Å². The quantitative estimate of drug-likeness (QED) is 0.647. The minimum Gasteiger partial charge on any atom is -0.396 e. The normalized spacial score (nSPS) is 12.8. The number of benzene rings is 1. The summed E-state index contributed by atoms with van der Waals surface area (Å²) in [5.74, 6) is 0.906. The third-order valence-electron chi connectivity index (χ3n) is 2.00. The highest BCUT2D eigenvalue weighted by atomic mass is 79.9. The lowest BCUT2D eigenvalue weighted by molar-refractivity contribution is 0.199. The van der Waals surface area contributed by atoms with Crippen molar-refractivity contribution in [3.05, 3.63) is 28.2 Å². The van der Waals surface area contributed by atoms with E-state index < -0.39 is 6.10 Å². The smallest absolute Gasteiger partial charge is 0.0762 e. The standard InChI is InChI=1S/C11H15BrO2S/c1-8(14)9-3-4-11(10(12)7-9)15-6-2-5-13/h3-4,7-8,13-14H,2,5-6H2,1H3/t8-/m1/s1. The average molecular weight is 291 g/mol. The Morgan fingerprint density at radius 3 is 2.73 bits per heavy atom. The highest BCUT2D eigenvalue weighted by molar-refractivity contribution is 9.10. The molecule has 0 aliphatic carbocycles. The number of hydrogen-bond acceptors (Lipinski definition) is 3. The lowest BCUT2D eigenvalue weighted by atomic mass is 10.1. The van der Waals surface area contributed by atoms with Gasteiger partial charge in [0, 0.05) is 21.7 Å². The topological polar surface area (TPSA) is 40.5 Å². The zero-order chi connectivity index (χ0) is 11.3. The Hall–Kier alpha value is -0.0300. The summed E-state index contributed by atoms with van der Waals surface area (Å²) in [4.78, 5) is 1.15. The number of aliphatic hydroxyl groups is 2. The van der Waals surface area contributed by atoms with E-state index >= 15 is 0 Å². The van der Waals surface area contributed by atoms with Crippen LogP contribution in [-0.4, -0.2) is 22.6 Å². The summed E-state index contributed by atoms with van der Waals surface area (Å²) in [6, 6.07) is 5.86. The van der Waals surface area contributed by atoms with E-state index in [1.54, 1.807) is 18.7 Å². The van der Waals surface area contributed by atoms with Crippen molar-refractivity contribution < 1.29 is 10.2 Å². The molecule has 0 aromatic heterocycles. The van der Waals surface area contributed by atoms with Gasteiger partial charge in [-0.1, -0.05) is 6.07 Å². The first-order valence-electron chi connectivity index (χ1n) is 4.86. The molecule has 15 heavy (non-hydrogen) atoms. The van der Waals surface area contributed by atoms with Gasteiger partial charge in [-0.2, -0.15) is 0 Å². The Labute approximate surface area is 103 Å². The van der Waals surface area contributed by atoms with Crippen LogP contribution in [0.3, 0.4) is 0 Å². The molecule has 1 atom stereocenters. The summed E-state index contributed by atoms with van der Waals surface area (Å²) in [6.07, 6.45) is 0.368. The Kier molecular flexibility index (Phi) is 5.68. The van der Waals surface area contributed by atoms with Crippen molar-refractivity contribution in [1.29, 1.82) is 0 Å². The van der Waals surface area contributed by atoms with Crippen molar-refractivity contribution in [2.75, 3.05) is 12.4 Å².